The third kappa shape index (κ3) is 27.0. The average molecular weight is 160 g/mol. The van der Waals surface area contributed by atoms with E-state index in [1.807, 2.05) is 26.0 Å². The highest BCUT2D eigenvalue weighted by molar-refractivity contribution is 4.73. The summed E-state index contributed by atoms with van der Waals surface area (Å²) in [6.45, 7) is 3.56. The molecule has 0 rings (SSSR count). The first kappa shape index (κ1) is 12.8. The molecule has 66 valence electrons. The molecule has 0 heterocycles. The molecule has 11 heavy (non-hydrogen) atoms. The minimum absolute atomic E-state index is 0.125. The van der Waals surface area contributed by atoms with Gasteiger partial charge in [-0.05, 0) is 13.8 Å². The lowest BCUT2D eigenvalue weighted by Crippen LogP contribution is -1.85. The van der Waals surface area contributed by atoms with Crippen molar-refractivity contribution >= 4 is 0 Å². The van der Waals surface area contributed by atoms with Crippen LogP contribution in [0.4, 0.5) is 0 Å². The first-order chi connectivity index (χ1) is 5.33. The Balaban J connectivity index is 0. The molecule has 0 aromatic rings. The maximum Gasteiger partial charge on any atom is 0.0858 e. The molecule has 0 unspecified atom stereocenters. The lowest BCUT2D eigenvalue weighted by atomic mass is 10.7. The van der Waals surface area contributed by atoms with Gasteiger partial charge in [0.15, 0.2) is 0 Å². The Morgan fingerprint density at radius 3 is 1.55 bits per heavy atom. The quantitative estimate of drug-likeness (QED) is 0.606. The molecule has 0 aliphatic heterocycles. The zero-order chi connectivity index (χ0) is 8.95. The van der Waals surface area contributed by atoms with E-state index in [4.69, 9.17) is 14.9 Å². The lowest BCUT2D eigenvalue weighted by molar-refractivity contribution is 0.186. The van der Waals surface area contributed by atoms with Gasteiger partial charge in [-0.3, -0.25) is 0 Å². The van der Waals surface area contributed by atoms with Crippen LogP contribution in [-0.2, 0) is 4.74 Å². The Morgan fingerprint density at radius 1 is 1.00 bits per heavy atom. The van der Waals surface area contributed by atoms with Crippen LogP contribution in [0.15, 0.2) is 24.7 Å². The SMILES string of the molecule is C/C=C/O/C=C/C.OCCO. The normalized spacial score (nSPS) is 9.82. The minimum Gasteiger partial charge on any atom is -0.473 e. The smallest absolute Gasteiger partial charge is 0.0858 e. The fraction of sp³-hybridized carbons (Fsp3) is 0.500. The van der Waals surface area contributed by atoms with E-state index >= 15 is 0 Å². The number of hydrogen-bond acceptors (Lipinski definition) is 3. The molecular weight excluding hydrogens is 144 g/mol. The Labute approximate surface area is 67.6 Å². The highest BCUT2D eigenvalue weighted by atomic mass is 16.5. The van der Waals surface area contributed by atoms with Gasteiger partial charge in [-0.25, -0.2) is 0 Å². The minimum atomic E-state index is -0.125. The molecule has 0 fully saturated rings. The van der Waals surface area contributed by atoms with Crippen LogP contribution in [0.3, 0.4) is 0 Å². The van der Waals surface area contributed by atoms with E-state index in [1.165, 1.54) is 0 Å². The Kier molecular flexibility index (Phi) is 18.8. The zero-order valence-electron chi connectivity index (χ0n) is 7.03. The van der Waals surface area contributed by atoms with Crippen LogP contribution in [0.2, 0.25) is 0 Å². The molecule has 0 radical (unpaired) electrons. The molecule has 0 aliphatic rings. The summed E-state index contributed by atoms with van der Waals surface area (Å²) in [7, 11) is 0. The summed E-state index contributed by atoms with van der Waals surface area (Å²) < 4.78 is 4.77. The monoisotopic (exact) mass is 160 g/mol. The van der Waals surface area contributed by atoms with Crippen molar-refractivity contribution in [1.82, 2.24) is 0 Å². The molecule has 0 aromatic carbocycles. The zero-order valence-corrected chi connectivity index (χ0v) is 7.03. The van der Waals surface area contributed by atoms with Gasteiger partial charge in [0.1, 0.15) is 0 Å². The predicted octanol–water partition coefficient (Wildman–Crippen LogP) is 1.04. The van der Waals surface area contributed by atoms with Crippen LogP contribution in [0.5, 0.6) is 0 Å². The number of hydrogen-bond donors (Lipinski definition) is 2. The second-order valence-electron chi connectivity index (χ2n) is 1.52. The van der Waals surface area contributed by atoms with E-state index in [0.717, 1.165) is 0 Å². The van der Waals surface area contributed by atoms with Gasteiger partial charge in [0.05, 0.1) is 25.7 Å². The average Bonchev–Trinajstić information content (AvgIpc) is 2.06. The van der Waals surface area contributed by atoms with Gasteiger partial charge in [-0.15, -0.1) is 0 Å². The van der Waals surface area contributed by atoms with Crippen molar-refractivity contribution < 1.29 is 14.9 Å². The van der Waals surface area contributed by atoms with Gasteiger partial charge in [0.25, 0.3) is 0 Å². The summed E-state index contributed by atoms with van der Waals surface area (Å²) in [4.78, 5) is 0. The van der Waals surface area contributed by atoms with Gasteiger partial charge < -0.3 is 14.9 Å². The van der Waals surface area contributed by atoms with Gasteiger partial charge in [0, 0.05) is 0 Å². The van der Waals surface area contributed by atoms with Crippen molar-refractivity contribution in [3.63, 3.8) is 0 Å². The first-order valence-electron chi connectivity index (χ1n) is 3.43. The largest absolute Gasteiger partial charge is 0.473 e. The molecule has 0 amide bonds. The second-order valence-corrected chi connectivity index (χ2v) is 1.52. The van der Waals surface area contributed by atoms with Crippen LogP contribution < -0.4 is 0 Å². The molecule has 3 heteroatoms. The fourth-order valence-corrected chi connectivity index (χ4v) is 0.202. The van der Waals surface area contributed by atoms with Crippen molar-refractivity contribution in [1.29, 1.82) is 0 Å². The lowest BCUT2D eigenvalue weighted by Gasteiger charge is -1.82. The van der Waals surface area contributed by atoms with Crippen molar-refractivity contribution in [3.05, 3.63) is 24.7 Å². The van der Waals surface area contributed by atoms with E-state index in [9.17, 15) is 0 Å². The van der Waals surface area contributed by atoms with Crippen molar-refractivity contribution in [3.8, 4) is 0 Å². The molecule has 0 aliphatic carbocycles. The highest BCUT2D eigenvalue weighted by Crippen LogP contribution is 1.76. The van der Waals surface area contributed by atoms with Gasteiger partial charge in [0.2, 0.25) is 0 Å². The molecule has 0 saturated carbocycles. The number of allylic oxidation sites excluding steroid dienone is 2. The summed E-state index contributed by atoms with van der Waals surface area (Å²) in [5, 5.41) is 15.2. The van der Waals surface area contributed by atoms with Gasteiger partial charge in [-0.2, -0.15) is 0 Å². The number of aliphatic hydroxyl groups excluding tert-OH is 2. The third-order valence-corrected chi connectivity index (χ3v) is 0.529. The van der Waals surface area contributed by atoms with Crippen LogP contribution in [-0.4, -0.2) is 23.4 Å². The van der Waals surface area contributed by atoms with Crippen molar-refractivity contribution in [2.45, 2.75) is 13.8 Å². The molecule has 0 aromatic heterocycles. The summed E-state index contributed by atoms with van der Waals surface area (Å²) in [6.07, 6.45) is 6.92. The maximum absolute atomic E-state index is 7.62. The summed E-state index contributed by atoms with van der Waals surface area (Å²) >= 11 is 0. The molecule has 2 N–H and O–H groups in total. The van der Waals surface area contributed by atoms with Crippen LogP contribution >= 0.6 is 0 Å². The summed E-state index contributed by atoms with van der Waals surface area (Å²) in [6, 6.07) is 0. The van der Waals surface area contributed by atoms with E-state index in [-0.39, 0.29) is 13.2 Å². The van der Waals surface area contributed by atoms with Crippen molar-refractivity contribution in [2.24, 2.45) is 0 Å². The summed E-state index contributed by atoms with van der Waals surface area (Å²) in [5.41, 5.74) is 0. The second kappa shape index (κ2) is 16.1. The standard InChI is InChI=1S/C6H10O.C2H6O2/c1-3-5-7-6-4-2;3-1-2-4/h3-6H,1-2H3;3-4H,1-2H2/b5-3+,6-4+;. The molecule has 0 bridgehead atoms. The van der Waals surface area contributed by atoms with E-state index in [2.05, 4.69) is 0 Å². The van der Waals surface area contributed by atoms with Gasteiger partial charge in [-0.1, -0.05) is 12.2 Å². The Hall–Kier alpha value is -0.800. The van der Waals surface area contributed by atoms with E-state index in [0.29, 0.717) is 0 Å². The Bertz CT molecular complexity index is 85.5. The van der Waals surface area contributed by atoms with Crippen LogP contribution in [0.25, 0.3) is 0 Å². The molecule has 3 nitrogen and oxygen atoms in total. The van der Waals surface area contributed by atoms with Crippen molar-refractivity contribution in [2.75, 3.05) is 13.2 Å². The topological polar surface area (TPSA) is 49.7 Å². The first-order valence-corrected chi connectivity index (χ1v) is 3.43. The molecule has 0 atom stereocenters. The maximum atomic E-state index is 7.62. The number of rotatable bonds is 3. The van der Waals surface area contributed by atoms with Crippen LogP contribution in [0.1, 0.15) is 13.8 Å². The molecule has 0 saturated heterocycles. The summed E-state index contributed by atoms with van der Waals surface area (Å²) in [5.74, 6) is 0. The van der Waals surface area contributed by atoms with Crippen LogP contribution in [0, 0.1) is 0 Å². The number of aliphatic hydroxyl groups is 2. The molecule has 0 spiro atoms. The highest BCUT2D eigenvalue weighted by Gasteiger charge is 1.58. The number of ether oxygens (including phenoxy) is 1. The Morgan fingerprint density at radius 2 is 1.36 bits per heavy atom. The third-order valence-electron chi connectivity index (χ3n) is 0.529. The van der Waals surface area contributed by atoms with E-state index < -0.39 is 0 Å². The predicted molar refractivity (Wildman–Crippen MR) is 44.9 cm³/mol. The molecular formula is C8H16O3. The fourth-order valence-electron chi connectivity index (χ4n) is 0.202. The van der Waals surface area contributed by atoms with E-state index in [1.54, 1.807) is 12.5 Å². The van der Waals surface area contributed by atoms with Gasteiger partial charge >= 0.3 is 0 Å².